The molecule has 1 heteroatoms. The lowest BCUT2D eigenvalue weighted by molar-refractivity contribution is 0.112. The van der Waals surface area contributed by atoms with E-state index >= 15 is 0 Å². The third-order valence-electron chi connectivity index (χ3n) is 3.11. The molecule has 0 aliphatic heterocycles. The van der Waals surface area contributed by atoms with Crippen molar-refractivity contribution in [1.29, 1.82) is 0 Å². The van der Waals surface area contributed by atoms with Crippen LogP contribution in [0.15, 0.2) is 36.4 Å². The van der Waals surface area contributed by atoms with Gasteiger partial charge in [-0.25, -0.2) is 0 Å². The largest absolute Gasteiger partial charge is 0.388 e. The Labute approximate surface area is 85.1 Å². The first-order valence-electron chi connectivity index (χ1n) is 5.11. The zero-order valence-electron chi connectivity index (χ0n) is 8.53. The second-order valence-electron chi connectivity index (χ2n) is 4.14. The SMILES string of the molecule is C=C(C)[C@@H]1CCc2ccccc2[C@H]1O. The molecule has 0 spiro atoms. The molecular formula is C13H16O. The quantitative estimate of drug-likeness (QED) is 0.672. The predicted molar refractivity (Wildman–Crippen MR) is 58.0 cm³/mol. The predicted octanol–water partition coefficient (Wildman–Crippen LogP) is 2.86. The van der Waals surface area contributed by atoms with Gasteiger partial charge in [-0.15, -0.1) is 0 Å². The molecular weight excluding hydrogens is 172 g/mol. The van der Waals surface area contributed by atoms with Crippen molar-refractivity contribution in [2.45, 2.75) is 25.9 Å². The van der Waals surface area contributed by atoms with Gasteiger partial charge in [0.2, 0.25) is 0 Å². The monoisotopic (exact) mass is 188 g/mol. The van der Waals surface area contributed by atoms with Crippen molar-refractivity contribution >= 4 is 0 Å². The molecule has 0 bridgehead atoms. The molecule has 1 N–H and O–H groups in total. The van der Waals surface area contributed by atoms with Gasteiger partial charge in [0.15, 0.2) is 0 Å². The van der Waals surface area contributed by atoms with Gasteiger partial charge in [-0.1, -0.05) is 36.4 Å². The summed E-state index contributed by atoms with van der Waals surface area (Å²) in [5.74, 6) is 0.241. The van der Waals surface area contributed by atoms with Crippen molar-refractivity contribution in [2.75, 3.05) is 0 Å². The van der Waals surface area contributed by atoms with Crippen molar-refractivity contribution in [3.8, 4) is 0 Å². The van der Waals surface area contributed by atoms with Gasteiger partial charge in [-0.05, 0) is 30.9 Å². The van der Waals surface area contributed by atoms with E-state index in [-0.39, 0.29) is 12.0 Å². The number of aliphatic hydroxyl groups is 1. The first-order chi connectivity index (χ1) is 6.70. The first-order valence-corrected chi connectivity index (χ1v) is 5.11. The van der Waals surface area contributed by atoms with Crippen LogP contribution in [0.1, 0.15) is 30.6 Å². The fraction of sp³-hybridized carbons (Fsp3) is 0.385. The highest BCUT2D eigenvalue weighted by Crippen LogP contribution is 2.37. The molecule has 74 valence electrons. The van der Waals surface area contributed by atoms with Gasteiger partial charge in [0.05, 0.1) is 6.10 Å². The van der Waals surface area contributed by atoms with E-state index in [0.717, 1.165) is 24.0 Å². The zero-order valence-corrected chi connectivity index (χ0v) is 8.53. The molecule has 0 aromatic heterocycles. The van der Waals surface area contributed by atoms with Crippen LogP contribution >= 0.6 is 0 Å². The molecule has 0 radical (unpaired) electrons. The molecule has 0 saturated carbocycles. The summed E-state index contributed by atoms with van der Waals surface area (Å²) in [5, 5.41) is 10.1. The summed E-state index contributed by atoms with van der Waals surface area (Å²) in [7, 11) is 0. The Morgan fingerprint density at radius 3 is 2.86 bits per heavy atom. The number of hydrogen-bond donors (Lipinski definition) is 1. The van der Waals surface area contributed by atoms with E-state index < -0.39 is 0 Å². The summed E-state index contributed by atoms with van der Waals surface area (Å²) in [6.45, 7) is 5.94. The van der Waals surface area contributed by atoms with Crippen LogP contribution in [0.3, 0.4) is 0 Å². The highest BCUT2D eigenvalue weighted by molar-refractivity contribution is 5.33. The van der Waals surface area contributed by atoms with Crippen LogP contribution in [0.5, 0.6) is 0 Å². The number of aliphatic hydroxyl groups excluding tert-OH is 1. The van der Waals surface area contributed by atoms with Gasteiger partial charge in [0.25, 0.3) is 0 Å². The summed E-state index contributed by atoms with van der Waals surface area (Å²) >= 11 is 0. The van der Waals surface area contributed by atoms with Crippen LogP contribution in [-0.2, 0) is 6.42 Å². The van der Waals surface area contributed by atoms with E-state index in [1.165, 1.54) is 5.56 Å². The Balaban J connectivity index is 2.36. The molecule has 0 unspecified atom stereocenters. The number of benzene rings is 1. The number of rotatable bonds is 1. The molecule has 1 aliphatic carbocycles. The summed E-state index contributed by atoms with van der Waals surface area (Å²) in [6.07, 6.45) is 1.73. The van der Waals surface area contributed by atoms with Crippen molar-refractivity contribution in [3.63, 3.8) is 0 Å². The molecule has 0 amide bonds. The summed E-state index contributed by atoms with van der Waals surface area (Å²) < 4.78 is 0. The minimum absolute atomic E-state index is 0.241. The van der Waals surface area contributed by atoms with Crippen LogP contribution < -0.4 is 0 Å². The Hall–Kier alpha value is -1.08. The van der Waals surface area contributed by atoms with Gasteiger partial charge >= 0.3 is 0 Å². The summed E-state index contributed by atoms with van der Waals surface area (Å²) in [5.41, 5.74) is 3.47. The summed E-state index contributed by atoms with van der Waals surface area (Å²) in [4.78, 5) is 0. The fourth-order valence-corrected chi connectivity index (χ4v) is 2.25. The van der Waals surface area contributed by atoms with Crippen LogP contribution in [0.25, 0.3) is 0 Å². The lowest BCUT2D eigenvalue weighted by Crippen LogP contribution is -2.20. The second-order valence-corrected chi connectivity index (χ2v) is 4.14. The van der Waals surface area contributed by atoms with E-state index in [1.807, 2.05) is 25.1 Å². The average molecular weight is 188 g/mol. The molecule has 0 heterocycles. The van der Waals surface area contributed by atoms with Gasteiger partial charge in [-0.3, -0.25) is 0 Å². The lowest BCUT2D eigenvalue weighted by atomic mass is 9.78. The minimum atomic E-state index is -0.350. The van der Waals surface area contributed by atoms with Crippen LogP contribution in [-0.4, -0.2) is 5.11 Å². The fourth-order valence-electron chi connectivity index (χ4n) is 2.25. The van der Waals surface area contributed by atoms with E-state index in [9.17, 15) is 5.11 Å². The Morgan fingerprint density at radius 1 is 1.43 bits per heavy atom. The third-order valence-corrected chi connectivity index (χ3v) is 3.11. The molecule has 1 aliphatic rings. The summed E-state index contributed by atoms with van der Waals surface area (Å²) in [6, 6.07) is 8.15. The maximum Gasteiger partial charge on any atom is 0.0857 e. The van der Waals surface area contributed by atoms with Crippen LogP contribution in [0, 0.1) is 5.92 Å². The molecule has 0 saturated heterocycles. The normalized spacial score (nSPS) is 25.6. The minimum Gasteiger partial charge on any atom is -0.388 e. The number of fused-ring (bicyclic) bond motifs is 1. The molecule has 2 rings (SSSR count). The van der Waals surface area contributed by atoms with Gasteiger partial charge in [-0.2, -0.15) is 0 Å². The molecule has 0 fully saturated rings. The van der Waals surface area contributed by atoms with E-state index in [4.69, 9.17) is 0 Å². The Kier molecular flexibility index (Phi) is 2.42. The van der Waals surface area contributed by atoms with E-state index in [1.54, 1.807) is 0 Å². The average Bonchev–Trinajstić information content (AvgIpc) is 2.18. The highest BCUT2D eigenvalue weighted by atomic mass is 16.3. The van der Waals surface area contributed by atoms with Gasteiger partial charge in [0.1, 0.15) is 0 Å². The van der Waals surface area contributed by atoms with Crippen molar-refractivity contribution in [1.82, 2.24) is 0 Å². The van der Waals surface area contributed by atoms with Gasteiger partial charge in [0, 0.05) is 5.92 Å². The Bertz CT molecular complexity index is 354. The van der Waals surface area contributed by atoms with Crippen LogP contribution in [0.4, 0.5) is 0 Å². The van der Waals surface area contributed by atoms with E-state index in [0.29, 0.717) is 0 Å². The third kappa shape index (κ3) is 1.48. The van der Waals surface area contributed by atoms with Crippen LogP contribution in [0.2, 0.25) is 0 Å². The number of aryl methyl sites for hydroxylation is 1. The highest BCUT2D eigenvalue weighted by Gasteiger charge is 2.27. The van der Waals surface area contributed by atoms with Crippen molar-refractivity contribution in [3.05, 3.63) is 47.5 Å². The maximum atomic E-state index is 10.1. The topological polar surface area (TPSA) is 20.2 Å². The van der Waals surface area contributed by atoms with Crippen molar-refractivity contribution in [2.24, 2.45) is 5.92 Å². The standard InChI is InChI=1S/C13H16O/c1-9(2)11-8-7-10-5-3-4-6-12(10)13(11)14/h3-6,11,13-14H,1,7-8H2,2H3/t11-,13-/m0/s1. The van der Waals surface area contributed by atoms with Crippen molar-refractivity contribution < 1.29 is 5.11 Å². The zero-order chi connectivity index (χ0) is 10.1. The second kappa shape index (κ2) is 3.58. The maximum absolute atomic E-state index is 10.1. The lowest BCUT2D eigenvalue weighted by Gasteiger charge is -2.30. The molecule has 1 aromatic carbocycles. The smallest absolute Gasteiger partial charge is 0.0857 e. The molecule has 2 atom stereocenters. The molecule has 1 aromatic rings. The number of hydrogen-bond acceptors (Lipinski definition) is 1. The molecule has 14 heavy (non-hydrogen) atoms. The first kappa shape index (κ1) is 9.47. The Morgan fingerprint density at radius 2 is 2.14 bits per heavy atom. The van der Waals surface area contributed by atoms with Gasteiger partial charge < -0.3 is 5.11 Å². The van der Waals surface area contributed by atoms with E-state index in [2.05, 4.69) is 12.6 Å². The molecule has 1 nitrogen and oxygen atoms in total.